The number of pyridine rings is 1. The van der Waals surface area contributed by atoms with Gasteiger partial charge in [-0.3, -0.25) is 4.79 Å². The van der Waals surface area contributed by atoms with Gasteiger partial charge >= 0.3 is 0 Å². The van der Waals surface area contributed by atoms with Crippen LogP contribution in [0.4, 0.5) is 0 Å². The van der Waals surface area contributed by atoms with Crippen molar-refractivity contribution in [3.05, 3.63) is 84.9 Å². The Kier molecular flexibility index (Phi) is 5.42. The number of carbonyl (C=O) groups is 1. The Labute approximate surface area is 168 Å². The van der Waals surface area contributed by atoms with E-state index in [4.69, 9.17) is 4.74 Å². The summed E-state index contributed by atoms with van der Waals surface area (Å²) < 4.78 is 5.72. The Morgan fingerprint density at radius 3 is 2.52 bits per heavy atom. The van der Waals surface area contributed by atoms with Crippen LogP contribution in [-0.2, 0) is 0 Å². The second-order valence-electron chi connectivity index (χ2n) is 6.59. The average molecular weight is 384 g/mol. The van der Waals surface area contributed by atoms with Gasteiger partial charge in [-0.25, -0.2) is 15.0 Å². The molecule has 29 heavy (non-hydrogen) atoms. The topological polar surface area (TPSA) is 68.2 Å². The molecule has 0 radical (unpaired) electrons. The molecule has 0 saturated heterocycles. The van der Waals surface area contributed by atoms with Gasteiger partial charge in [-0.15, -0.1) is 0 Å². The van der Waals surface area contributed by atoms with Crippen LogP contribution in [0.1, 0.15) is 10.4 Å². The fourth-order valence-electron chi connectivity index (χ4n) is 3.06. The molecule has 0 bridgehead atoms. The summed E-state index contributed by atoms with van der Waals surface area (Å²) in [4.78, 5) is 27.6. The number of aromatic nitrogens is 3. The van der Waals surface area contributed by atoms with Gasteiger partial charge in [0.2, 0.25) is 0 Å². The van der Waals surface area contributed by atoms with E-state index in [1.807, 2.05) is 54.6 Å². The molecule has 6 nitrogen and oxygen atoms in total. The van der Waals surface area contributed by atoms with Crippen molar-refractivity contribution in [2.75, 3.05) is 20.2 Å². The molecule has 2 aromatic carbocycles. The number of ether oxygens (including phenoxy) is 1. The summed E-state index contributed by atoms with van der Waals surface area (Å²) in [5, 5.41) is 0.814. The first kappa shape index (κ1) is 18.6. The van der Waals surface area contributed by atoms with Gasteiger partial charge in [0.25, 0.3) is 5.91 Å². The summed E-state index contributed by atoms with van der Waals surface area (Å²) in [5.74, 6) is 0.701. The number of benzene rings is 2. The molecule has 4 aromatic rings. The molecule has 0 spiro atoms. The van der Waals surface area contributed by atoms with E-state index >= 15 is 0 Å². The molecular formula is C23H20N4O2. The zero-order valence-corrected chi connectivity index (χ0v) is 16.0. The van der Waals surface area contributed by atoms with Crippen LogP contribution >= 0.6 is 0 Å². The van der Waals surface area contributed by atoms with Crippen LogP contribution in [0.3, 0.4) is 0 Å². The zero-order valence-electron chi connectivity index (χ0n) is 16.0. The quantitative estimate of drug-likeness (QED) is 0.505. The van der Waals surface area contributed by atoms with Crippen molar-refractivity contribution in [2.45, 2.75) is 0 Å². The molecule has 0 saturated carbocycles. The van der Waals surface area contributed by atoms with Gasteiger partial charge in [-0.05, 0) is 24.3 Å². The van der Waals surface area contributed by atoms with Crippen LogP contribution in [0.5, 0.6) is 5.75 Å². The van der Waals surface area contributed by atoms with E-state index in [9.17, 15) is 4.79 Å². The number of carbonyl (C=O) groups excluding carboxylic acids is 1. The van der Waals surface area contributed by atoms with E-state index in [1.165, 1.54) is 6.33 Å². The van der Waals surface area contributed by atoms with E-state index in [0.29, 0.717) is 24.4 Å². The predicted octanol–water partition coefficient (Wildman–Crippen LogP) is 3.84. The van der Waals surface area contributed by atoms with E-state index in [-0.39, 0.29) is 5.91 Å². The van der Waals surface area contributed by atoms with Crippen LogP contribution < -0.4 is 4.74 Å². The van der Waals surface area contributed by atoms with E-state index in [0.717, 1.165) is 22.2 Å². The highest BCUT2D eigenvalue weighted by atomic mass is 16.5. The summed E-state index contributed by atoms with van der Waals surface area (Å²) in [6, 6.07) is 19.0. The van der Waals surface area contributed by atoms with Gasteiger partial charge in [0, 0.05) is 30.4 Å². The third kappa shape index (κ3) is 4.21. The Bertz CT molecular complexity index is 1120. The third-order valence-corrected chi connectivity index (χ3v) is 4.59. The van der Waals surface area contributed by atoms with Gasteiger partial charge in [0.05, 0.1) is 23.3 Å². The monoisotopic (exact) mass is 384 g/mol. The van der Waals surface area contributed by atoms with Crippen molar-refractivity contribution in [3.8, 4) is 17.0 Å². The summed E-state index contributed by atoms with van der Waals surface area (Å²) in [6.45, 7) is 0.878. The summed E-state index contributed by atoms with van der Waals surface area (Å²) in [5.41, 5.74) is 2.78. The van der Waals surface area contributed by atoms with Crippen LogP contribution in [0.15, 0.2) is 79.4 Å². The lowest BCUT2D eigenvalue weighted by atomic mass is 10.0. The normalized spacial score (nSPS) is 10.7. The molecule has 0 N–H and O–H groups in total. The fourth-order valence-corrected chi connectivity index (χ4v) is 3.06. The Morgan fingerprint density at radius 1 is 1.00 bits per heavy atom. The number of hydrogen-bond acceptors (Lipinski definition) is 5. The largest absolute Gasteiger partial charge is 0.492 e. The van der Waals surface area contributed by atoms with Crippen molar-refractivity contribution >= 4 is 16.8 Å². The highest BCUT2D eigenvalue weighted by Crippen LogP contribution is 2.25. The van der Waals surface area contributed by atoms with Crippen molar-refractivity contribution in [1.29, 1.82) is 0 Å². The molecule has 2 aromatic heterocycles. The first-order valence-corrected chi connectivity index (χ1v) is 9.31. The molecule has 0 fully saturated rings. The van der Waals surface area contributed by atoms with Gasteiger partial charge in [0.15, 0.2) is 0 Å². The minimum atomic E-state index is -0.0849. The number of fused-ring (bicyclic) bond motifs is 1. The van der Waals surface area contributed by atoms with Crippen LogP contribution in [0.25, 0.3) is 22.2 Å². The van der Waals surface area contributed by atoms with Gasteiger partial charge < -0.3 is 9.64 Å². The maximum Gasteiger partial charge on any atom is 0.254 e. The minimum absolute atomic E-state index is 0.0849. The number of nitrogens with zero attached hydrogens (tertiary/aromatic N) is 4. The smallest absolute Gasteiger partial charge is 0.254 e. The van der Waals surface area contributed by atoms with Crippen molar-refractivity contribution in [1.82, 2.24) is 19.9 Å². The van der Waals surface area contributed by atoms with Gasteiger partial charge in [-0.2, -0.15) is 0 Å². The summed E-state index contributed by atoms with van der Waals surface area (Å²) in [6.07, 6.45) is 4.85. The minimum Gasteiger partial charge on any atom is -0.492 e. The number of hydrogen-bond donors (Lipinski definition) is 0. The van der Waals surface area contributed by atoms with E-state index < -0.39 is 0 Å². The van der Waals surface area contributed by atoms with Crippen LogP contribution in [-0.4, -0.2) is 46.0 Å². The number of rotatable bonds is 6. The molecule has 0 unspecified atom stereocenters. The third-order valence-electron chi connectivity index (χ3n) is 4.59. The van der Waals surface area contributed by atoms with Crippen LogP contribution in [0, 0.1) is 0 Å². The van der Waals surface area contributed by atoms with Crippen molar-refractivity contribution in [2.24, 2.45) is 0 Å². The highest BCUT2D eigenvalue weighted by molar-refractivity contribution is 6.07. The van der Waals surface area contributed by atoms with E-state index in [1.54, 1.807) is 30.4 Å². The predicted molar refractivity (Wildman–Crippen MR) is 112 cm³/mol. The molecule has 4 rings (SSSR count). The lowest BCUT2D eigenvalue weighted by Crippen LogP contribution is -2.31. The Balaban J connectivity index is 1.59. The summed E-state index contributed by atoms with van der Waals surface area (Å²) in [7, 11) is 1.77. The fraction of sp³-hybridized carbons (Fsp3) is 0.130. The molecular weight excluding hydrogens is 364 g/mol. The maximum absolute atomic E-state index is 13.2. The standard InChI is InChI=1S/C23H20N4O2/c1-27(11-12-29-18-7-3-2-4-8-18)23(28)20-13-22(17-14-24-16-25-15-17)26-21-10-6-5-9-19(20)21/h2-10,13-16H,11-12H2,1H3. The Morgan fingerprint density at radius 2 is 1.72 bits per heavy atom. The molecule has 144 valence electrons. The first-order chi connectivity index (χ1) is 14.2. The molecule has 0 aliphatic heterocycles. The Hall–Kier alpha value is -3.80. The lowest BCUT2D eigenvalue weighted by molar-refractivity contribution is 0.0775. The van der Waals surface area contributed by atoms with Gasteiger partial charge in [0.1, 0.15) is 18.7 Å². The molecule has 2 heterocycles. The zero-order chi connectivity index (χ0) is 20.1. The van der Waals surface area contributed by atoms with Crippen LogP contribution in [0.2, 0.25) is 0 Å². The average Bonchev–Trinajstić information content (AvgIpc) is 2.79. The molecule has 0 atom stereocenters. The number of amides is 1. The van der Waals surface area contributed by atoms with Gasteiger partial charge in [-0.1, -0.05) is 36.4 Å². The number of para-hydroxylation sites is 2. The van der Waals surface area contributed by atoms with E-state index in [2.05, 4.69) is 15.0 Å². The first-order valence-electron chi connectivity index (χ1n) is 9.31. The van der Waals surface area contributed by atoms with Crippen molar-refractivity contribution in [3.63, 3.8) is 0 Å². The SMILES string of the molecule is CN(CCOc1ccccc1)C(=O)c1cc(-c2cncnc2)nc2ccccc12. The molecule has 1 amide bonds. The molecule has 0 aliphatic rings. The number of likely N-dealkylation sites (N-methyl/N-ethyl adjacent to an activating group) is 1. The highest BCUT2D eigenvalue weighted by Gasteiger charge is 2.17. The van der Waals surface area contributed by atoms with Crippen molar-refractivity contribution < 1.29 is 9.53 Å². The maximum atomic E-state index is 13.2. The second kappa shape index (κ2) is 8.48. The lowest BCUT2D eigenvalue weighted by Gasteiger charge is -2.19. The molecule has 6 heteroatoms. The summed E-state index contributed by atoms with van der Waals surface area (Å²) >= 11 is 0. The molecule has 0 aliphatic carbocycles. The second-order valence-corrected chi connectivity index (χ2v) is 6.59.